The van der Waals surface area contributed by atoms with Crippen LogP contribution in [0.4, 0.5) is 13.2 Å². The molecule has 1 aliphatic heterocycles. The van der Waals surface area contributed by atoms with Crippen molar-refractivity contribution in [2.24, 2.45) is 11.8 Å². The molecule has 1 fully saturated rings. The zero-order valence-electron chi connectivity index (χ0n) is 11.4. The molecule has 2 heterocycles. The Morgan fingerprint density at radius 1 is 1.41 bits per heavy atom. The third-order valence-electron chi connectivity index (χ3n) is 3.55. The van der Waals surface area contributed by atoms with Crippen LogP contribution in [0, 0.1) is 11.8 Å². The zero-order chi connectivity index (χ0) is 16.7. The van der Waals surface area contributed by atoms with Crippen LogP contribution in [0.5, 0.6) is 0 Å². The number of carbonyl (C=O) groups is 1. The van der Waals surface area contributed by atoms with Gasteiger partial charge in [0.15, 0.2) is 5.69 Å². The fourth-order valence-corrected chi connectivity index (χ4v) is 4.12. The number of sulfonamides is 1. The van der Waals surface area contributed by atoms with E-state index in [9.17, 15) is 26.4 Å². The van der Waals surface area contributed by atoms with Gasteiger partial charge in [0, 0.05) is 19.3 Å². The van der Waals surface area contributed by atoms with Crippen molar-refractivity contribution in [2.75, 3.05) is 13.1 Å². The number of aliphatic carboxylic acids is 1. The van der Waals surface area contributed by atoms with E-state index in [1.807, 2.05) is 0 Å². The molecule has 0 unspecified atom stereocenters. The Bertz CT molecular complexity index is 690. The van der Waals surface area contributed by atoms with Crippen molar-refractivity contribution in [1.82, 2.24) is 9.29 Å². The predicted molar refractivity (Wildman–Crippen MR) is 68.3 cm³/mol. The largest absolute Gasteiger partial charge is 0.481 e. The van der Waals surface area contributed by atoms with Gasteiger partial charge in [-0.1, -0.05) is 6.92 Å². The summed E-state index contributed by atoms with van der Waals surface area (Å²) in [6, 6.07) is 1.92. The number of aromatic nitrogens is 1. The highest BCUT2D eigenvalue weighted by atomic mass is 32.2. The average Bonchev–Trinajstić information content (AvgIpc) is 2.81. The number of rotatable bonds is 3. The van der Waals surface area contributed by atoms with Crippen molar-refractivity contribution in [3.05, 3.63) is 24.0 Å². The summed E-state index contributed by atoms with van der Waals surface area (Å²) in [7, 11) is -4.46. The van der Waals surface area contributed by atoms with Gasteiger partial charge in [0.25, 0.3) is 0 Å². The maximum Gasteiger partial charge on any atom is 0.434 e. The minimum atomic E-state index is -4.92. The molecular formula is C12H13F3N2O4S. The molecule has 0 radical (unpaired) electrons. The van der Waals surface area contributed by atoms with Gasteiger partial charge in [0.2, 0.25) is 10.0 Å². The van der Waals surface area contributed by atoms with Crippen LogP contribution < -0.4 is 0 Å². The molecule has 0 amide bonds. The minimum Gasteiger partial charge on any atom is -0.481 e. The molecule has 0 aliphatic carbocycles. The number of pyridine rings is 1. The molecular weight excluding hydrogens is 325 g/mol. The van der Waals surface area contributed by atoms with Crippen LogP contribution >= 0.6 is 0 Å². The second-order valence-electron chi connectivity index (χ2n) is 5.09. The summed E-state index contributed by atoms with van der Waals surface area (Å²) in [4.78, 5) is 13.2. The molecule has 1 aromatic rings. The molecule has 22 heavy (non-hydrogen) atoms. The number of hydrogen-bond donors (Lipinski definition) is 1. The summed E-state index contributed by atoms with van der Waals surface area (Å²) >= 11 is 0. The second-order valence-corrected chi connectivity index (χ2v) is 7.00. The standard InChI is InChI=1S/C12H13F3N2O4S/c1-7-5-17(6-8(7)11(18)19)22(20,21)9-3-2-4-16-10(9)12(13,14)15/h2-4,7-8H,5-6H2,1H3,(H,18,19)/t7-,8-/m1/s1. The molecule has 0 aromatic carbocycles. The number of carboxylic acids is 1. The van der Waals surface area contributed by atoms with E-state index in [0.29, 0.717) is 0 Å². The van der Waals surface area contributed by atoms with Crippen LogP contribution in [0.25, 0.3) is 0 Å². The SMILES string of the molecule is C[C@@H]1CN(S(=O)(=O)c2cccnc2C(F)(F)F)C[C@H]1C(=O)O. The highest BCUT2D eigenvalue weighted by Crippen LogP contribution is 2.35. The van der Waals surface area contributed by atoms with Crippen molar-refractivity contribution in [2.45, 2.75) is 18.0 Å². The molecule has 2 atom stereocenters. The van der Waals surface area contributed by atoms with Gasteiger partial charge in [-0.2, -0.15) is 17.5 Å². The molecule has 10 heteroatoms. The van der Waals surface area contributed by atoms with Crippen LogP contribution in [-0.2, 0) is 21.0 Å². The fraction of sp³-hybridized carbons (Fsp3) is 0.500. The van der Waals surface area contributed by atoms with Gasteiger partial charge in [-0.3, -0.25) is 9.78 Å². The Morgan fingerprint density at radius 3 is 2.55 bits per heavy atom. The van der Waals surface area contributed by atoms with Gasteiger partial charge in [0.1, 0.15) is 4.90 Å². The summed E-state index contributed by atoms with van der Waals surface area (Å²) in [6.45, 7) is 1.04. The smallest absolute Gasteiger partial charge is 0.434 e. The summed E-state index contributed by atoms with van der Waals surface area (Å²) in [5, 5.41) is 9.01. The van der Waals surface area contributed by atoms with Crippen LogP contribution in [0.3, 0.4) is 0 Å². The molecule has 2 rings (SSSR count). The van der Waals surface area contributed by atoms with Crippen molar-refractivity contribution in [3.63, 3.8) is 0 Å². The molecule has 0 bridgehead atoms. The first-order valence-corrected chi connectivity index (χ1v) is 7.74. The topological polar surface area (TPSA) is 87.6 Å². The Labute approximate surface area is 124 Å². The van der Waals surface area contributed by atoms with Crippen LogP contribution in [0.2, 0.25) is 0 Å². The van der Waals surface area contributed by atoms with E-state index >= 15 is 0 Å². The fourth-order valence-electron chi connectivity index (χ4n) is 2.39. The summed E-state index contributed by atoms with van der Waals surface area (Å²) in [5.41, 5.74) is -1.50. The van der Waals surface area contributed by atoms with Gasteiger partial charge in [-0.15, -0.1) is 0 Å². The molecule has 1 N–H and O–H groups in total. The Kier molecular flexibility index (Phi) is 4.18. The van der Waals surface area contributed by atoms with E-state index in [1.165, 1.54) is 0 Å². The van der Waals surface area contributed by atoms with E-state index < -0.39 is 44.6 Å². The van der Waals surface area contributed by atoms with E-state index in [1.54, 1.807) is 6.92 Å². The lowest BCUT2D eigenvalue weighted by Gasteiger charge is -2.18. The third-order valence-corrected chi connectivity index (χ3v) is 5.42. The van der Waals surface area contributed by atoms with Crippen molar-refractivity contribution >= 4 is 16.0 Å². The normalized spacial score (nSPS) is 23.6. The molecule has 0 spiro atoms. The minimum absolute atomic E-state index is 0.147. The van der Waals surface area contributed by atoms with Crippen molar-refractivity contribution in [1.29, 1.82) is 0 Å². The van der Waals surface area contributed by atoms with Crippen LogP contribution in [0.15, 0.2) is 23.2 Å². The number of alkyl halides is 3. The number of hydrogen-bond acceptors (Lipinski definition) is 4. The maximum atomic E-state index is 12.9. The van der Waals surface area contributed by atoms with Crippen molar-refractivity contribution in [3.8, 4) is 0 Å². The van der Waals surface area contributed by atoms with Crippen LogP contribution in [0.1, 0.15) is 12.6 Å². The van der Waals surface area contributed by atoms with Gasteiger partial charge in [0.05, 0.1) is 5.92 Å². The van der Waals surface area contributed by atoms with Gasteiger partial charge >= 0.3 is 12.1 Å². The maximum absolute atomic E-state index is 12.9. The molecule has 1 saturated heterocycles. The molecule has 0 saturated carbocycles. The van der Waals surface area contributed by atoms with E-state index in [4.69, 9.17) is 5.11 Å². The highest BCUT2D eigenvalue weighted by molar-refractivity contribution is 7.89. The van der Waals surface area contributed by atoms with Gasteiger partial charge in [-0.05, 0) is 18.1 Å². The summed E-state index contributed by atoms with van der Waals surface area (Å²) in [5.74, 6) is -2.61. The molecule has 6 nitrogen and oxygen atoms in total. The number of nitrogens with zero attached hydrogens (tertiary/aromatic N) is 2. The first-order valence-electron chi connectivity index (χ1n) is 6.30. The Balaban J connectivity index is 2.43. The van der Waals surface area contributed by atoms with E-state index in [-0.39, 0.29) is 13.1 Å². The second kappa shape index (κ2) is 5.51. The number of halogens is 3. The first kappa shape index (κ1) is 16.7. The summed E-state index contributed by atoms with van der Waals surface area (Å²) in [6.07, 6.45) is -4.06. The third kappa shape index (κ3) is 2.93. The van der Waals surface area contributed by atoms with E-state index in [0.717, 1.165) is 22.6 Å². The number of carboxylic acid groups (broad SMARTS) is 1. The Hall–Kier alpha value is -1.68. The zero-order valence-corrected chi connectivity index (χ0v) is 12.2. The lowest BCUT2D eigenvalue weighted by molar-refractivity contribution is -0.144. The monoisotopic (exact) mass is 338 g/mol. The summed E-state index contributed by atoms with van der Waals surface area (Å²) < 4.78 is 64.3. The highest BCUT2D eigenvalue weighted by Gasteiger charge is 2.45. The molecule has 122 valence electrons. The lowest BCUT2D eigenvalue weighted by Crippen LogP contribution is -2.32. The Morgan fingerprint density at radius 2 is 2.05 bits per heavy atom. The van der Waals surface area contributed by atoms with Crippen molar-refractivity contribution < 1.29 is 31.5 Å². The first-order chi connectivity index (χ1) is 10.0. The van der Waals surface area contributed by atoms with Gasteiger partial charge < -0.3 is 5.11 Å². The molecule has 1 aliphatic rings. The van der Waals surface area contributed by atoms with Gasteiger partial charge in [-0.25, -0.2) is 8.42 Å². The lowest BCUT2D eigenvalue weighted by atomic mass is 9.99. The average molecular weight is 338 g/mol. The quantitative estimate of drug-likeness (QED) is 0.901. The van der Waals surface area contributed by atoms with Crippen LogP contribution in [-0.4, -0.2) is 41.9 Å². The van der Waals surface area contributed by atoms with E-state index in [2.05, 4.69) is 4.98 Å². The molecule has 1 aromatic heterocycles. The predicted octanol–water partition coefficient (Wildman–Crippen LogP) is 1.44.